The molecule has 174 valence electrons. The molecule has 1 aliphatic rings. The largest absolute Gasteiger partial charge is 0.506 e. The summed E-state index contributed by atoms with van der Waals surface area (Å²) >= 11 is 2.85. The van der Waals surface area contributed by atoms with Crippen molar-refractivity contribution in [2.45, 2.75) is 11.4 Å². The van der Waals surface area contributed by atoms with Gasteiger partial charge in [-0.3, -0.25) is 14.7 Å². The lowest BCUT2D eigenvalue weighted by molar-refractivity contribution is -0.122. The standard InChI is InChI=1S/C27H22N4O2S2/c1-28-21-11-5-6-12-23(21)34-17-24-26(33)31(16-18-8-3-2-4-9-18)27(35-24)30-20-13-14-22(32)25-19(20)10-7-15-29-25/h2-15,17,28,32H,16H2,1H3/b24-17-,30-27?. The number of amides is 1. The highest BCUT2D eigenvalue weighted by Crippen LogP contribution is 2.39. The van der Waals surface area contributed by atoms with E-state index in [1.807, 2.05) is 73.1 Å². The summed E-state index contributed by atoms with van der Waals surface area (Å²) in [6, 6.07) is 24.8. The molecule has 0 aliphatic carbocycles. The number of aromatic hydroxyl groups is 1. The number of carbonyl (C=O) groups is 1. The summed E-state index contributed by atoms with van der Waals surface area (Å²) in [5, 5.41) is 16.6. The molecule has 3 aromatic carbocycles. The van der Waals surface area contributed by atoms with Gasteiger partial charge in [0.15, 0.2) is 5.17 Å². The lowest BCUT2D eigenvalue weighted by Crippen LogP contribution is -2.28. The fourth-order valence-electron chi connectivity index (χ4n) is 3.72. The summed E-state index contributed by atoms with van der Waals surface area (Å²) in [6.45, 7) is 0.412. The number of hydrogen-bond acceptors (Lipinski definition) is 7. The van der Waals surface area contributed by atoms with Crippen LogP contribution in [-0.2, 0) is 11.3 Å². The van der Waals surface area contributed by atoms with Gasteiger partial charge < -0.3 is 10.4 Å². The molecule has 35 heavy (non-hydrogen) atoms. The molecule has 0 spiro atoms. The molecule has 2 heterocycles. The Bertz CT molecular complexity index is 1450. The van der Waals surface area contributed by atoms with Crippen molar-refractivity contribution in [3.8, 4) is 5.75 Å². The summed E-state index contributed by atoms with van der Waals surface area (Å²) in [7, 11) is 1.88. The quantitative estimate of drug-likeness (QED) is 0.237. The van der Waals surface area contributed by atoms with Gasteiger partial charge in [0.05, 0.1) is 17.1 Å². The van der Waals surface area contributed by atoms with E-state index in [-0.39, 0.29) is 11.7 Å². The molecule has 1 saturated heterocycles. The van der Waals surface area contributed by atoms with E-state index in [0.29, 0.717) is 27.8 Å². The number of nitrogens with zero attached hydrogens (tertiary/aromatic N) is 3. The number of amidine groups is 1. The van der Waals surface area contributed by atoms with Crippen molar-refractivity contribution in [3.63, 3.8) is 0 Å². The van der Waals surface area contributed by atoms with Gasteiger partial charge >= 0.3 is 0 Å². The Hall–Kier alpha value is -3.75. The van der Waals surface area contributed by atoms with E-state index in [4.69, 9.17) is 4.99 Å². The monoisotopic (exact) mass is 498 g/mol. The second-order valence-corrected chi connectivity index (χ2v) is 9.64. The van der Waals surface area contributed by atoms with Crippen molar-refractivity contribution >= 4 is 56.9 Å². The third-order valence-electron chi connectivity index (χ3n) is 5.46. The molecule has 2 N–H and O–H groups in total. The van der Waals surface area contributed by atoms with E-state index < -0.39 is 0 Å². The molecule has 1 amide bonds. The van der Waals surface area contributed by atoms with Crippen LogP contribution >= 0.6 is 23.5 Å². The maximum Gasteiger partial charge on any atom is 0.267 e. The van der Waals surface area contributed by atoms with E-state index in [1.165, 1.54) is 23.5 Å². The molecule has 0 unspecified atom stereocenters. The number of carbonyl (C=O) groups excluding carboxylic acids is 1. The van der Waals surface area contributed by atoms with E-state index in [2.05, 4.69) is 10.3 Å². The van der Waals surface area contributed by atoms with Gasteiger partial charge in [-0.25, -0.2) is 4.99 Å². The number of phenolic OH excluding ortho intramolecular Hbond substituents is 1. The molecule has 8 heteroatoms. The SMILES string of the molecule is CNc1ccccc1S/C=C1\SC(=Nc2ccc(O)c3ncccc23)N(Cc2ccccc2)C1=O. The molecule has 6 nitrogen and oxygen atoms in total. The molecular formula is C27H22N4O2S2. The summed E-state index contributed by atoms with van der Waals surface area (Å²) in [5.41, 5.74) is 3.14. The minimum absolute atomic E-state index is 0.0896. The number of aliphatic imine (C=N–C) groups is 1. The van der Waals surface area contributed by atoms with Crippen LogP contribution in [0.1, 0.15) is 5.56 Å². The first kappa shape index (κ1) is 23.0. The van der Waals surface area contributed by atoms with E-state index >= 15 is 0 Å². The molecule has 1 fully saturated rings. The number of hydrogen-bond donors (Lipinski definition) is 2. The summed E-state index contributed by atoms with van der Waals surface area (Å²) in [4.78, 5) is 26.0. The number of fused-ring (bicyclic) bond motifs is 1. The predicted octanol–water partition coefficient (Wildman–Crippen LogP) is 6.38. The summed E-state index contributed by atoms with van der Waals surface area (Å²) < 4.78 is 0. The Kier molecular flexibility index (Phi) is 6.74. The first-order chi connectivity index (χ1) is 17.1. The maximum absolute atomic E-state index is 13.5. The van der Waals surface area contributed by atoms with Crippen molar-refractivity contribution in [1.29, 1.82) is 0 Å². The predicted molar refractivity (Wildman–Crippen MR) is 145 cm³/mol. The Morgan fingerprint density at radius 2 is 1.86 bits per heavy atom. The van der Waals surface area contributed by atoms with Crippen LogP contribution in [0.3, 0.4) is 0 Å². The number of nitrogens with one attached hydrogen (secondary N) is 1. The number of phenols is 1. The van der Waals surface area contributed by atoms with Crippen LogP contribution in [0.4, 0.5) is 11.4 Å². The van der Waals surface area contributed by atoms with Gasteiger partial charge in [-0.2, -0.15) is 0 Å². The highest BCUT2D eigenvalue weighted by molar-refractivity contribution is 8.19. The fraction of sp³-hybridized carbons (Fsp3) is 0.0741. The number of para-hydroxylation sites is 1. The van der Waals surface area contributed by atoms with Crippen LogP contribution in [0.25, 0.3) is 10.9 Å². The second kappa shape index (κ2) is 10.2. The number of pyridine rings is 1. The molecule has 0 saturated carbocycles. The summed E-state index contributed by atoms with van der Waals surface area (Å²) in [5.74, 6) is 0.00859. The lowest BCUT2D eigenvalue weighted by Gasteiger charge is -2.16. The van der Waals surface area contributed by atoms with Gasteiger partial charge in [-0.15, -0.1) is 0 Å². The van der Waals surface area contributed by atoms with Crippen molar-refractivity contribution in [1.82, 2.24) is 9.88 Å². The third kappa shape index (κ3) is 4.89. The first-order valence-corrected chi connectivity index (χ1v) is 12.7. The van der Waals surface area contributed by atoms with Crippen molar-refractivity contribution in [2.75, 3.05) is 12.4 Å². The third-order valence-corrected chi connectivity index (χ3v) is 7.58. The number of anilines is 1. The zero-order chi connectivity index (χ0) is 24.2. The second-order valence-electron chi connectivity index (χ2n) is 7.72. The van der Waals surface area contributed by atoms with Crippen molar-refractivity contribution in [3.05, 3.63) is 101 Å². The lowest BCUT2D eigenvalue weighted by atomic mass is 10.1. The highest BCUT2D eigenvalue weighted by atomic mass is 32.2. The molecule has 5 rings (SSSR count). The number of thioether (sulfide) groups is 2. The van der Waals surface area contributed by atoms with Crippen LogP contribution in [0, 0.1) is 0 Å². The Balaban J connectivity index is 1.53. The van der Waals surface area contributed by atoms with Crippen LogP contribution in [-0.4, -0.2) is 33.1 Å². The molecule has 0 atom stereocenters. The van der Waals surface area contributed by atoms with Crippen molar-refractivity contribution < 1.29 is 9.90 Å². The van der Waals surface area contributed by atoms with Crippen LogP contribution in [0.5, 0.6) is 5.75 Å². The van der Waals surface area contributed by atoms with E-state index in [9.17, 15) is 9.90 Å². The molecular weight excluding hydrogens is 476 g/mol. The maximum atomic E-state index is 13.5. The van der Waals surface area contributed by atoms with E-state index in [0.717, 1.165) is 21.5 Å². The summed E-state index contributed by atoms with van der Waals surface area (Å²) in [6.07, 6.45) is 1.63. The number of rotatable bonds is 6. The number of benzene rings is 3. The average Bonchev–Trinajstić information content (AvgIpc) is 3.19. The molecule has 0 radical (unpaired) electrons. The van der Waals surface area contributed by atoms with Gasteiger partial charge in [0.25, 0.3) is 5.91 Å². The minimum Gasteiger partial charge on any atom is -0.506 e. The van der Waals surface area contributed by atoms with Gasteiger partial charge in [0, 0.05) is 29.2 Å². The van der Waals surface area contributed by atoms with Gasteiger partial charge in [-0.05, 0) is 59.1 Å². The normalized spacial score (nSPS) is 15.9. The fourth-order valence-corrected chi connectivity index (χ4v) is 5.64. The first-order valence-electron chi connectivity index (χ1n) is 11.0. The van der Waals surface area contributed by atoms with Crippen LogP contribution in [0.2, 0.25) is 0 Å². The van der Waals surface area contributed by atoms with Crippen LogP contribution in [0.15, 0.2) is 105 Å². The minimum atomic E-state index is -0.0896. The zero-order valence-corrected chi connectivity index (χ0v) is 20.5. The van der Waals surface area contributed by atoms with E-state index in [1.54, 1.807) is 29.3 Å². The topological polar surface area (TPSA) is 77.8 Å². The van der Waals surface area contributed by atoms with Crippen LogP contribution < -0.4 is 5.32 Å². The van der Waals surface area contributed by atoms with Gasteiger partial charge in [0.1, 0.15) is 11.3 Å². The smallest absolute Gasteiger partial charge is 0.267 e. The van der Waals surface area contributed by atoms with Gasteiger partial charge in [-0.1, -0.05) is 54.2 Å². The zero-order valence-electron chi connectivity index (χ0n) is 18.9. The van der Waals surface area contributed by atoms with Crippen molar-refractivity contribution in [2.24, 2.45) is 4.99 Å². The molecule has 4 aromatic rings. The highest BCUT2D eigenvalue weighted by Gasteiger charge is 2.33. The molecule has 0 bridgehead atoms. The Morgan fingerprint density at radius 3 is 2.69 bits per heavy atom. The average molecular weight is 499 g/mol. The molecule has 1 aromatic heterocycles. The van der Waals surface area contributed by atoms with Gasteiger partial charge in [0.2, 0.25) is 0 Å². The Labute approximate surface area is 211 Å². The Morgan fingerprint density at radius 1 is 1.06 bits per heavy atom. The molecule has 1 aliphatic heterocycles. The number of aromatic nitrogens is 1.